The lowest BCUT2D eigenvalue weighted by Crippen LogP contribution is -2.48. The molecule has 0 unspecified atom stereocenters. The van der Waals surface area contributed by atoms with Crippen molar-refractivity contribution in [3.8, 4) is 0 Å². The number of amides is 3. The Kier molecular flexibility index (Phi) is 4.88. The number of nitrogens with zero attached hydrogens (tertiary/aromatic N) is 6. The van der Waals surface area contributed by atoms with Crippen molar-refractivity contribution in [3.05, 3.63) is 17.8 Å². The Bertz CT molecular complexity index is 592. The number of hydrogen-bond donors (Lipinski definition) is 0. The van der Waals surface area contributed by atoms with Crippen molar-refractivity contribution in [1.29, 1.82) is 0 Å². The molecule has 24 heavy (non-hydrogen) atoms. The molecule has 1 aromatic rings. The Labute approximate surface area is 139 Å². The maximum absolute atomic E-state index is 12.4. The van der Waals surface area contributed by atoms with Gasteiger partial charge in [0.2, 0.25) is 12.8 Å². The first-order valence-corrected chi connectivity index (χ1v) is 7.98. The molecule has 0 spiro atoms. The van der Waals surface area contributed by atoms with Crippen LogP contribution in [-0.4, -0.2) is 96.0 Å². The maximum Gasteiger partial charge on any atom is 0.274 e. The van der Waals surface area contributed by atoms with Gasteiger partial charge in [0, 0.05) is 52.4 Å². The summed E-state index contributed by atoms with van der Waals surface area (Å²) in [7, 11) is 0. The van der Waals surface area contributed by atoms with E-state index in [-0.39, 0.29) is 5.91 Å². The second kappa shape index (κ2) is 7.24. The van der Waals surface area contributed by atoms with Crippen LogP contribution in [0.25, 0.3) is 0 Å². The van der Waals surface area contributed by atoms with Crippen LogP contribution >= 0.6 is 0 Å². The average Bonchev–Trinajstić information content (AvgIpc) is 2.68. The summed E-state index contributed by atoms with van der Waals surface area (Å²) >= 11 is 0. The van der Waals surface area contributed by atoms with Crippen molar-refractivity contribution >= 4 is 24.5 Å². The summed E-state index contributed by atoms with van der Waals surface area (Å²) in [4.78, 5) is 41.0. The fourth-order valence-electron chi connectivity index (χ4n) is 2.86. The van der Waals surface area contributed by atoms with Crippen LogP contribution in [-0.2, 0) is 9.59 Å². The van der Waals surface area contributed by atoms with Crippen LogP contribution in [0.5, 0.6) is 0 Å². The van der Waals surface area contributed by atoms with E-state index in [1.54, 1.807) is 26.8 Å². The molecule has 0 aliphatic carbocycles. The van der Waals surface area contributed by atoms with Crippen LogP contribution in [0.4, 0.5) is 5.82 Å². The Morgan fingerprint density at radius 1 is 0.833 bits per heavy atom. The van der Waals surface area contributed by atoms with E-state index in [0.717, 1.165) is 12.8 Å². The van der Waals surface area contributed by atoms with E-state index in [1.165, 1.54) is 0 Å². The quantitative estimate of drug-likeness (QED) is 0.635. The van der Waals surface area contributed by atoms with Gasteiger partial charge < -0.3 is 19.6 Å². The van der Waals surface area contributed by atoms with Crippen LogP contribution in [0.3, 0.4) is 0 Å². The summed E-state index contributed by atoms with van der Waals surface area (Å²) in [5.41, 5.74) is 0.310. The molecule has 0 N–H and O–H groups in total. The summed E-state index contributed by atoms with van der Waals surface area (Å²) in [6, 6.07) is 3.47. The molecular weight excluding hydrogens is 312 g/mol. The van der Waals surface area contributed by atoms with Gasteiger partial charge in [-0.15, -0.1) is 10.2 Å². The average molecular weight is 332 g/mol. The van der Waals surface area contributed by atoms with Crippen molar-refractivity contribution in [2.75, 3.05) is 57.3 Å². The highest BCUT2D eigenvalue weighted by atomic mass is 16.2. The second-order valence-corrected chi connectivity index (χ2v) is 5.84. The zero-order chi connectivity index (χ0) is 16.9. The Hall–Kier alpha value is -2.71. The topological polar surface area (TPSA) is 90.0 Å². The largest absolute Gasteiger partial charge is 0.352 e. The van der Waals surface area contributed by atoms with E-state index in [1.807, 2.05) is 4.90 Å². The third-order valence-electron chi connectivity index (χ3n) is 4.41. The van der Waals surface area contributed by atoms with E-state index < -0.39 is 0 Å². The Morgan fingerprint density at radius 3 is 1.92 bits per heavy atom. The summed E-state index contributed by atoms with van der Waals surface area (Å²) in [6.07, 6.45) is 1.66. The standard InChI is InChI=1S/C15H20N6O3/c22-11-18-3-7-20(8-4-18)14-2-1-13(16-17-14)15(24)21-9-5-19(12-23)6-10-21/h1-2,11-12H,3-10H2. The highest BCUT2D eigenvalue weighted by Crippen LogP contribution is 2.13. The van der Waals surface area contributed by atoms with Gasteiger partial charge >= 0.3 is 0 Å². The first-order chi connectivity index (χ1) is 11.7. The lowest BCUT2D eigenvalue weighted by molar-refractivity contribution is -0.119. The van der Waals surface area contributed by atoms with E-state index >= 15 is 0 Å². The summed E-state index contributed by atoms with van der Waals surface area (Å²) in [6.45, 7) is 4.83. The molecule has 3 rings (SSSR count). The van der Waals surface area contributed by atoms with Gasteiger partial charge in [-0.2, -0.15) is 0 Å². The molecule has 9 nitrogen and oxygen atoms in total. The molecule has 9 heteroatoms. The molecular formula is C15H20N6O3. The monoisotopic (exact) mass is 332 g/mol. The van der Waals surface area contributed by atoms with Gasteiger partial charge in [-0.3, -0.25) is 14.4 Å². The van der Waals surface area contributed by atoms with Gasteiger partial charge in [-0.1, -0.05) is 0 Å². The molecule has 1 aromatic heterocycles. The molecule has 0 aromatic carbocycles. The number of carbonyl (C=O) groups excluding carboxylic acids is 3. The lowest BCUT2D eigenvalue weighted by Gasteiger charge is -2.33. The third-order valence-corrected chi connectivity index (χ3v) is 4.41. The molecule has 0 radical (unpaired) electrons. The highest BCUT2D eigenvalue weighted by molar-refractivity contribution is 5.92. The maximum atomic E-state index is 12.4. The minimum Gasteiger partial charge on any atom is -0.352 e. The minimum absolute atomic E-state index is 0.162. The van der Waals surface area contributed by atoms with Crippen molar-refractivity contribution in [2.24, 2.45) is 0 Å². The molecule has 0 bridgehead atoms. The number of aromatic nitrogens is 2. The van der Waals surface area contributed by atoms with E-state index in [9.17, 15) is 14.4 Å². The Balaban J connectivity index is 1.59. The zero-order valence-corrected chi connectivity index (χ0v) is 13.4. The van der Waals surface area contributed by atoms with Crippen molar-refractivity contribution in [1.82, 2.24) is 24.9 Å². The van der Waals surface area contributed by atoms with E-state index in [2.05, 4.69) is 10.2 Å². The van der Waals surface area contributed by atoms with Crippen LogP contribution < -0.4 is 4.90 Å². The lowest BCUT2D eigenvalue weighted by atomic mass is 10.2. The summed E-state index contributed by atoms with van der Waals surface area (Å²) in [5.74, 6) is 0.549. The summed E-state index contributed by atoms with van der Waals surface area (Å²) in [5, 5.41) is 8.21. The van der Waals surface area contributed by atoms with Gasteiger partial charge in [-0.05, 0) is 12.1 Å². The van der Waals surface area contributed by atoms with Crippen molar-refractivity contribution < 1.29 is 14.4 Å². The first kappa shape index (κ1) is 16.2. The van der Waals surface area contributed by atoms with Crippen LogP contribution in [0.2, 0.25) is 0 Å². The Morgan fingerprint density at radius 2 is 1.42 bits per heavy atom. The van der Waals surface area contributed by atoms with Gasteiger partial charge in [0.25, 0.3) is 5.91 Å². The fraction of sp³-hybridized carbons (Fsp3) is 0.533. The van der Waals surface area contributed by atoms with Crippen LogP contribution in [0.15, 0.2) is 12.1 Å². The first-order valence-electron chi connectivity index (χ1n) is 7.98. The molecule has 2 saturated heterocycles. The highest BCUT2D eigenvalue weighted by Gasteiger charge is 2.23. The van der Waals surface area contributed by atoms with E-state index in [4.69, 9.17) is 0 Å². The molecule has 0 atom stereocenters. The van der Waals surface area contributed by atoms with Crippen LogP contribution in [0.1, 0.15) is 10.5 Å². The predicted molar refractivity (Wildman–Crippen MR) is 85.4 cm³/mol. The number of rotatable bonds is 4. The van der Waals surface area contributed by atoms with Gasteiger partial charge in [0.05, 0.1) is 0 Å². The number of hydrogen-bond acceptors (Lipinski definition) is 6. The molecule has 2 aliphatic rings. The summed E-state index contributed by atoms with van der Waals surface area (Å²) < 4.78 is 0. The third kappa shape index (κ3) is 3.44. The second-order valence-electron chi connectivity index (χ2n) is 5.84. The molecule has 128 valence electrons. The van der Waals surface area contributed by atoms with E-state index in [0.29, 0.717) is 63.9 Å². The van der Waals surface area contributed by atoms with Gasteiger partial charge in [0.15, 0.2) is 11.5 Å². The van der Waals surface area contributed by atoms with Crippen molar-refractivity contribution in [2.45, 2.75) is 0 Å². The number of piperazine rings is 2. The zero-order valence-electron chi connectivity index (χ0n) is 13.4. The molecule has 3 heterocycles. The number of anilines is 1. The molecule has 3 amide bonds. The predicted octanol–water partition coefficient (Wildman–Crippen LogP) is -1.33. The van der Waals surface area contributed by atoms with Crippen molar-refractivity contribution in [3.63, 3.8) is 0 Å². The van der Waals surface area contributed by atoms with Crippen LogP contribution in [0, 0.1) is 0 Å². The SMILES string of the molecule is O=CN1CCN(C(=O)c2ccc(N3CCN(C=O)CC3)nn2)CC1. The fourth-order valence-corrected chi connectivity index (χ4v) is 2.86. The molecule has 0 saturated carbocycles. The van der Waals surface area contributed by atoms with Gasteiger partial charge in [0.1, 0.15) is 0 Å². The smallest absolute Gasteiger partial charge is 0.274 e. The molecule has 2 aliphatic heterocycles. The minimum atomic E-state index is -0.162. The van der Waals surface area contributed by atoms with Gasteiger partial charge in [-0.25, -0.2) is 0 Å². The molecule has 2 fully saturated rings. The number of carbonyl (C=O) groups is 3. The normalized spacial score (nSPS) is 18.5.